The van der Waals surface area contributed by atoms with Gasteiger partial charge in [-0.3, -0.25) is 0 Å². The van der Waals surface area contributed by atoms with Gasteiger partial charge in [0.25, 0.3) is 0 Å². The summed E-state index contributed by atoms with van der Waals surface area (Å²) in [7, 11) is 0. The molecule has 3 heterocycles. The van der Waals surface area contributed by atoms with Crippen molar-refractivity contribution in [2.75, 3.05) is 0 Å². The maximum absolute atomic E-state index is 5.34. The molecule has 4 nitrogen and oxygen atoms in total. The Morgan fingerprint density at radius 3 is 1.59 bits per heavy atom. The number of hydrogen-bond acceptors (Lipinski definition) is 4. The summed E-state index contributed by atoms with van der Waals surface area (Å²) in [6.07, 6.45) is 0. The molecule has 0 unspecified atom stereocenters. The number of para-hydroxylation sites is 1. The maximum Gasteiger partial charge on any atom is 0.164 e. The summed E-state index contributed by atoms with van der Waals surface area (Å²) in [6, 6.07) is 86.4. The van der Waals surface area contributed by atoms with Crippen LogP contribution in [0.15, 0.2) is 243 Å². The summed E-state index contributed by atoms with van der Waals surface area (Å²) in [5, 5.41) is 5.02. The van der Waals surface area contributed by atoms with Gasteiger partial charge in [0.15, 0.2) is 17.5 Å². The topological polar surface area (TPSA) is 43.6 Å². The molecule has 318 valence electrons. The molecule has 0 aliphatic heterocycles. The molecule has 68 heavy (non-hydrogen) atoms. The molecule has 0 saturated heterocycles. The van der Waals surface area contributed by atoms with Gasteiger partial charge in [-0.1, -0.05) is 194 Å². The fraction of sp³-hybridized carbons (Fsp3) is 0. The van der Waals surface area contributed by atoms with Crippen LogP contribution in [0.4, 0.5) is 0 Å². The van der Waals surface area contributed by atoms with E-state index in [2.05, 4.69) is 229 Å². The third-order valence-corrected chi connectivity index (χ3v) is 14.3. The van der Waals surface area contributed by atoms with Crippen molar-refractivity contribution in [1.82, 2.24) is 19.5 Å². The minimum atomic E-state index is 0.608. The standard InChI is InChI=1S/C63H40N4S/c1-4-17-41(18-5-1)44-23-14-24-45(37-44)46-25-15-26-48(38-46)62-64-61(43-21-8-3-9-22-43)65-63(66-62)55-36-34-49(40-56(55)42-19-6-2-7-20-42)67-57-31-12-10-27-51(57)52-35-33-47(39-58(52)67)50-29-16-30-54-53-28-11-13-32-59(53)68-60(50)54/h1-40H. The van der Waals surface area contributed by atoms with E-state index >= 15 is 0 Å². The van der Waals surface area contributed by atoms with Gasteiger partial charge in [-0.2, -0.15) is 0 Å². The molecule has 0 saturated carbocycles. The van der Waals surface area contributed by atoms with Gasteiger partial charge in [-0.25, -0.2) is 15.0 Å². The molecule has 13 rings (SSSR count). The molecule has 0 bridgehead atoms. The van der Waals surface area contributed by atoms with E-state index in [9.17, 15) is 0 Å². The molecule has 0 radical (unpaired) electrons. The lowest BCUT2D eigenvalue weighted by atomic mass is 9.97. The van der Waals surface area contributed by atoms with E-state index in [-0.39, 0.29) is 0 Å². The van der Waals surface area contributed by atoms with E-state index in [0.29, 0.717) is 17.5 Å². The number of benzene rings is 10. The van der Waals surface area contributed by atoms with Crippen molar-refractivity contribution in [2.45, 2.75) is 0 Å². The smallest absolute Gasteiger partial charge is 0.164 e. The Bertz CT molecular complexity index is 4020. The number of rotatable bonds is 8. The van der Waals surface area contributed by atoms with Gasteiger partial charge in [0.2, 0.25) is 0 Å². The van der Waals surface area contributed by atoms with Crippen molar-refractivity contribution in [3.63, 3.8) is 0 Å². The zero-order valence-electron chi connectivity index (χ0n) is 36.8. The van der Waals surface area contributed by atoms with Crippen molar-refractivity contribution in [2.24, 2.45) is 0 Å². The van der Waals surface area contributed by atoms with Crippen LogP contribution in [-0.4, -0.2) is 19.5 Å². The summed E-state index contributed by atoms with van der Waals surface area (Å²) >= 11 is 1.87. The number of hydrogen-bond donors (Lipinski definition) is 0. The molecule has 0 fully saturated rings. The molecule has 0 spiro atoms. The van der Waals surface area contributed by atoms with E-state index in [0.717, 1.165) is 55.7 Å². The first kappa shape index (κ1) is 39.6. The molecule has 3 aromatic heterocycles. The largest absolute Gasteiger partial charge is 0.309 e. The van der Waals surface area contributed by atoms with E-state index in [4.69, 9.17) is 15.0 Å². The normalized spacial score (nSPS) is 11.5. The highest BCUT2D eigenvalue weighted by atomic mass is 32.1. The lowest BCUT2D eigenvalue weighted by molar-refractivity contribution is 1.07. The zero-order valence-corrected chi connectivity index (χ0v) is 37.6. The van der Waals surface area contributed by atoms with E-state index in [1.807, 2.05) is 29.5 Å². The van der Waals surface area contributed by atoms with Gasteiger partial charge >= 0.3 is 0 Å². The Morgan fingerprint density at radius 1 is 0.279 bits per heavy atom. The van der Waals surface area contributed by atoms with E-state index < -0.39 is 0 Å². The van der Waals surface area contributed by atoms with Crippen LogP contribution >= 0.6 is 11.3 Å². The minimum absolute atomic E-state index is 0.608. The predicted molar refractivity (Wildman–Crippen MR) is 285 cm³/mol. The second-order valence-corrected chi connectivity index (χ2v) is 18.2. The lowest BCUT2D eigenvalue weighted by Gasteiger charge is -2.16. The number of nitrogens with zero attached hydrogens (tertiary/aromatic N) is 4. The van der Waals surface area contributed by atoms with Crippen LogP contribution < -0.4 is 0 Å². The van der Waals surface area contributed by atoms with Crippen LogP contribution in [-0.2, 0) is 0 Å². The number of thiophene rings is 1. The van der Waals surface area contributed by atoms with Gasteiger partial charge in [-0.15, -0.1) is 11.3 Å². The molecular formula is C63H40N4S. The average molecular weight is 885 g/mol. The molecule has 0 aliphatic carbocycles. The van der Waals surface area contributed by atoms with Crippen LogP contribution in [0, 0.1) is 0 Å². The van der Waals surface area contributed by atoms with Crippen LogP contribution in [0.2, 0.25) is 0 Å². The third-order valence-electron chi connectivity index (χ3n) is 13.1. The van der Waals surface area contributed by atoms with E-state index in [1.165, 1.54) is 53.2 Å². The monoisotopic (exact) mass is 884 g/mol. The first-order valence-electron chi connectivity index (χ1n) is 22.9. The van der Waals surface area contributed by atoms with Gasteiger partial charge in [0, 0.05) is 53.3 Å². The van der Waals surface area contributed by atoms with Crippen LogP contribution in [0.25, 0.3) is 126 Å². The second kappa shape index (κ2) is 16.6. The molecule has 13 aromatic rings. The highest BCUT2D eigenvalue weighted by Crippen LogP contribution is 2.43. The first-order valence-corrected chi connectivity index (χ1v) is 23.7. The Hall–Kier alpha value is -8.77. The third kappa shape index (κ3) is 6.96. The summed E-state index contributed by atoms with van der Waals surface area (Å²) < 4.78 is 5.03. The average Bonchev–Trinajstić information content (AvgIpc) is 3.97. The van der Waals surface area contributed by atoms with Crippen molar-refractivity contribution in [1.29, 1.82) is 0 Å². The van der Waals surface area contributed by atoms with Crippen LogP contribution in [0.5, 0.6) is 0 Å². The molecular weight excluding hydrogens is 845 g/mol. The quantitative estimate of drug-likeness (QED) is 0.153. The van der Waals surface area contributed by atoms with Gasteiger partial charge < -0.3 is 4.57 Å². The Balaban J connectivity index is 0.982. The van der Waals surface area contributed by atoms with E-state index in [1.54, 1.807) is 0 Å². The Labute approximate surface area is 397 Å². The fourth-order valence-corrected chi connectivity index (χ4v) is 11.0. The van der Waals surface area contributed by atoms with Crippen molar-refractivity contribution < 1.29 is 0 Å². The number of aromatic nitrogens is 4. The maximum atomic E-state index is 5.34. The van der Waals surface area contributed by atoms with Crippen LogP contribution in [0.3, 0.4) is 0 Å². The molecule has 0 amide bonds. The Kier molecular flexibility index (Phi) is 9.66. The Morgan fingerprint density at radius 2 is 0.824 bits per heavy atom. The SMILES string of the molecule is c1ccc(-c2cccc(-c3cccc(-c4nc(-c5ccccc5)nc(-c5ccc(-n6c7ccccc7c7ccc(-c8cccc9c8sc8ccccc89)cc76)cc5-c5ccccc5)n4)c3)c2)cc1. The highest BCUT2D eigenvalue weighted by Gasteiger charge is 2.20. The second-order valence-electron chi connectivity index (χ2n) is 17.2. The zero-order chi connectivity index (χ0) is 45.0. The number of fused-ring (bicyclic) bond motifs is 6. The summed E-state index contributed by atoms with van der Waals surface area (Å²) in [6.45, 7) is 0. The first-order chi connectivity index (χ1) is 33.7. The molecule has 0 aliphatic rings. The molecule has 0 atom stereocenters. The molecule has 5 heteroatoms. The van der Waals surface area contributed by atoms with Gasteiger partial charge in [0.05, 0.1) is 11.0 Å². The van der Waals surface area contributed by atoms with Crippen molar-refractivity contribution in [3.05, 3.63) is 243 Å². The fourth-order valence-electron chi connectivity index (χ4n) is 9.80. The van der Waals surface area contributed by atoms with Crippen molar-refractivity contribution >= 4 is 53.3 Å². The summed E-state index contributed by atoms with van der Waals surface area (Å²) in [5.74, 6) is 1.84. The lowest BCUT2D eigenvalue weighted by Crippen LogP contribution is -2.02. The van der Waals surface area contributed by atoms with Gasteiger partial charge in [-0.05, 0) is 93.0 Å². The molecule has 10 aromatic carbocycles. The summed E-state index contributed by atoms with van der Waals surface area (Å²) in [4.78, 5) is 15.8. The van der Waals surface area contributed by atoms with Crippen molar-refractivity contribution in [3.8, 4) is 84.4 Å². The summed E-state index contributed by atoms with van der Waals surface area (Å²) in [5.41, 5.74) is 15.2. The molecule has 0 N–H and O–H groups in total. The van der Waals surface area contributed by atoms with Gasteiger partial charge in [0.1, 0.15) is 0 Å². The van der Waals surface area contributed by atoms with Crippen LogP contribution in [0.1, 0.15) is 0 Å². The predicted octanol–water partition coefficient (Wildman–Crippen LogP) is 17.0. The minimum Gasteiger partial charge on any atom is -0.309 e. The highest BCUT2D eigenvalue weighted by molar-refractivity contribution is 7.26.